The molecule has 0 aliphatic carbocycles. The van der Waals surface area contributed by atoms with Gasteiger partial charge in [0.2, 0.25) is 10.0 Å². The van der Waals surface area contributed by atoms with Gasteiger partial charge >= 0.3 is 0 Å². The molecule has 0 N–H and O–H groups in total. The van der Waals surface area contributed by atoms with Crippen LogP contribution >= 0.6 is 0 Å². The number of hydrogen-bond acceptors (Lipinski definition) is 5. The fourth-order valence-corrected chi connectivity index (χ4v) is 6.01. The van der Waals surface area contributed by atoms with E-state index in [0.29, 0.717) is 31.7 Å². The molecule has 0 spiro atoms. The lowest BCUT2D eigenvalue weighted by molar-refractivity contribution is 0.0633. The van der Waals surface area contributed by atoms with Crippen molar-refractivity contribution in [1.29, 1.82) is 0 Å². The first-order valence-electron chi connectivity index (χ1n) is 11.6. The molecule has 1 aromatic carbocycles. The Hall–Kier alpha value is -2.23. The fourth-order valence-electron chi connectivity index (χ4n) is 4.49. The van der Waals surface area contributed by atoms with Crippen LogP contribution in [0.3, 0.4) is 0 Å². The Labute approximate surface area is 190 Å². The number of benzene rings is 1. The minimum atomic E-state index is -3.47. The third kappa shape index (κ3) is 5.05. The minimum Gasteiger partial charge on any atom is -0.336 e. The number of piperazine rings is 1. The molecule has 0 atom stereocenters. The molecule has 9 heteroatoms. The summed E-state index contributed by atoms with van der Waals surface area (Å²) < 4.78 is 29.4. The van der Waals surface area contributed by atoms with Crippen molar-refractivity contribution in [2.75, 3.05) is 45.8 Å². The molecule has 32 heavy (non-hydrogen) atoms. The number of imidazole rings is 1. The van der Waals surface area contributed by atoms with Gasteiger partial charge in [0, 0.05) is 76.7 Å². The SMILES string of the molecule is CCc1nccn1CCN1CCN(C(=O)c2ccc(S(=O)(=O)N3CCCCC3)cc2)CC1. The lowest BCUT2D eigenvalue weighted by Crippen LogP contribution is -2.49. The van der Waals surface area contributed by atoms with Crippen molar-refractivity contribution in [1.82, 2.24) is 23.7 Å². The van der Waals surface area contributed by atoms with Crippen LogP contribution in [0, 0.1) is 0 Å². The molecule has 0 unspecified atom stereocenters. The number of carbonyl (C=O) groups is 1. The van der Waals surface area contributed by atoms with Gasteiger partial charge < -0.3 is 9.47 Å². The number of aromatic nitrogens is 2. The second kappa shape index (κ2) is 10.1. The second-order valence-electron chi connectivity index (χ2n) is 8.51. The normalized spacial score (nSPS) is 18.7. The number of sulfonamides is 1. The summed E-state index contributed by atoms with van der Waals surface area (Å²) in [7, 11) is -3.47. The van der Waals surface area contributed by atoms with Crippen molar-refractivity contribution in [2.45, 2.75) is 44.0 Å². The summed E-state index contributed by atoms with van der Waals surface area (Å²) >= 11 is 0. The maximum atomic E-state index is 12.9. The van der Waals surface area contributed by atoms with Crippen LogP contribution in [-0.2, 0) is 23.0 Å². The Morgan fingerprint density at radius 1 is 0.938 bits per heavy atom. The van der Waals surface area contributed by atoms with Gasteiger partial charge in [0.05, 0.1) is 4.90 Å². The van der Waals surface area contributed by atoms with Gasteiger partial charge in [0.1, 0.15) is 5.82 Å². The summed E-state index contributed by atoms with van der Waals surface area (Å²) in [6, 6.07) is 6.45. The number of rotatable bonds is 7. The maximum absolute atomic E-state index is 12.9. The van der Waals surface area contributed by atoms with Gasteiger partial charge in [-0.3, -0.25) is 9.69 Å². The van der Waals surface area contributed by atoms with Crippen molar-refractivity contribution in [3.8, 4) is 0 Å². The molecular weight excluding hydrogens is 426 g/mol. The zero-order valence-electron chi connectivity index (χ0n) is 18.8. The number of nitrogens with zero attached hydrogens (tertiary/aromatic N) is 5. The number of hydrogen-bond donors (Lipinski definition) is 0. The molecule has 1 amide bonds. The molecule has 3 heterocycles. The largest absolute Gasteiger partial charge is 0.336 e. The van der Waals surface area contributed by atoms with Crippen LogP contribution < -0.4 is 0 Å². The molecule has 0 bridgehead atoms. The monoisotopic (exact) mass is 459 g/mol. The third-order valence-corrected chi connectivity index (χ3v) is 8.40. The van der Waals surface area contributed by atoms with E-state index in [0.717, 1.165) is 57.7 Å². The molecular formula is C23H33N5O3S. The number of carbonyl (C=O) groups excluding carboxylic acids is 1. The molecule has 174 valence electrons. The summed E-state index contributed by atoms with van der Waals surface area (Å²) in [5, 5.41) is 0. The van der Waals surface area contributed by atoms with E-state index in [9.17, 15) is 13.2 Å². The fraction of sp³-hybridized carbons (Fsp3) is 0.565. The second-order valence-corrected chi connectivity index (χ2v) is 10.5. The quantitative estimate of drug-likeness (QED) is 0.634. The van der Waals surface area contributed by atoms with E-state index in [1.54, 1.807) is 28.6 Å². The van der Waals surface area contributed by atoms with E-state index in [1.807, 2.05) is 17.3 Å². The summed E-state index contributed by atoms with van der Waals surface area (Å²) in [6.45, 7) is 8.14. The Morgan fingerprint density at radius 3 is 2.28 bits per heavy atom. The zero-order chi connectivity index (χ0) is 22.6. The van der Waals surface area contributed by atoms with E-state index in [-0.39, 0.29) is 10.8 Å². The lowest BCUT2D eigenvalue weighted by atomic mass is 10.2. The summed E-state index contributed by atoms with van der Waals surface area (Å²) in [5.41, 5.74) is 0.544. The van der Waals surface area contributed by atoms with Crippen LogP contribution in [0.4, 0.5) is 0 Å². The molecule has 2 aliphatic rings. The highest BCUT2D eigenvalue weighted by molar-refractivity contribution is 7.89. The van der Waals surface area contributed by atoms with Crippen LogP contribution in [-0.4, -0.2) is 83.8 Å². The van der Waals surface area contributed by atoms with Gasteiger partial charge in [-0.15, -0.1) is 0 Å². The van der Waals surface area contributed by atoms with Gasteiger partial charge in [-0.1, -0.05) is 13.3 Å². The smallest absolute Gasteiger partial charge is 0.253 e. The molecule has 2 saturated heterocycles. The summed E-state index contributed by atoms with van der Waals surface area (Å²) in [5.74, 6) is 1.07. The van der Waals surface area contributed by atoms with Crippen molar-refractivity contribution < 1.29 is 13.2 Å². The molecule has 0 saturated carbocycles. The highest BCUT2D eigenvalue weighted by Gasteiger charge is 2.27. The molecule has 2 fully saturated rings. The Kier molecular flexibility index (Phi) is 7.27. The highest BCUT2D eigenvalue weighted by atomic mass is 32.2. The van der Waals surface area contributed by atoms with Crippen LogP contribution in [0.15, 0.2) is 41.6 Å². The van der Waals surface area contributed by atoms with Crippen molar-refractivity contribution in [3.63, 3.8) is 0 Å². The summed E-state index contributed by atoms with van der Waals surface area (Å²) in [4.78, 5) is 21.8. The standard InChI is InChI=1S/C23H33N5O3S/c1-2-22-24-10-13-26(22)17-14-25-15-18-27(19-16-25)23(29)20-6-8-21(9-7-20)32(30,31)28-11-4-3-5-12-28/h6-10,13H,2-5,11-12,14-19H2,1H3. The number of aryl methyl sites for hydroxylation is 1. The van der Waals surface area contributed by atoms with Crippen molar-refractivity contribution >= 4 is 15.9 Å². The first-order valence-corrected chi connectivity index (χ1v) is 13.0. The molecule has 8 nitrogen and oxygen atoms in total. The highest BCUT2D eigenvalue weighted by Crippen LogP contribution is 2.21. The van der Waals surface area contributed by atoms with Crippen molar-refractivity contribution in [3.05, 3.63) is 48.0 Å². The lowest BCUT2D eigenvalue weighted by Gasteiger charge is -2.35. The van der Waals surface area contributed by atoms with Gasteiger partial charge in [-0.2, -0.15) is 4.31 Å². The Morgan fingerprint density at radius 2 is 1.62 bits per heavy atom. The van der Waals surface area contributed by atoms with E-state index >= 15 is 0 Å². The first-order chi connectivity index (χ1) is 15.5. The molecule has 0 radical (unpaired) electrons. The molecule has 4 rings (SSSR count). The molecule has 1 aromatic heterocycles. The predicted octanol–water partition coefficient (Wildman–Crippen LogP) is 2.08. The van der Waals surface area contributed by atoms with E-state index in [1.165, 1.54) is 0 Å². The topological polar surface area (TPSA) is 78.8 Å². The molecule has 2 aliphatic heterocycles. The van der Waals surface area contributed by atoms with Gasteiger partial charge in [-0.05, 0) is 37.1 Å². The summed E-state index contributed by atoms with van der Waals surface area (Å²) in [6.07, 6.45) is 7.68. The van der Waals surface area contributed by atoms with Crippen LogP contribution in [0.1, 0.15) is 42.4 Å². The number of piperidine rings is 1. The van der Waals surface area contributed by atoms with Gasteiger partial charge in [0.15, 0.2) is 0 Å². The third-order valence-electron chi connectivity index (χ3n) is 6.49. The number of amides is 1. The first kappa shape index (κ1) is 22.9. The minimum absolute atomic E-state index is 0.0329. The van der Waals surface area contributed by atoms with Crippen LogP contribution in [0.2, 0.25) is 0 Å². The maximum Gasteiger partial charge on any atom is 0.253 e. The van der Waals surface area contributed by atoms with E-state index < -0.39 is 10.0 Å². The van der Waals surface area contributed by atoms with Crippen LogP contribution in [0.5, 0.6) is 0 Å². The Balaban J connectivity index is 1.30. The van der Waals surface area contributed by atoms with Gasteiger partial charge in [0.25, 0.3) is 5.91 Å². The van der Waals surface area contributed by atoms with E-state index in [4.69, 9.17) is 0 Å². The average Bonchev–Trinajstić information content (AvgIpc) is 3.31. The van der Waals surface area contributed by atoms with Gasteiger partial charge in [-0.25, -0.2) is 13.4 Å². The Bertz CT molecular complexity index is 1000. The van der Waals surface area contributed by atoms with Crippen LogP contribution in [0.25, 0.3) is 0 Å². The van der Waals surface area contributed by atoms with E-state index in [2.05, 4.69) is 21.4 Å². The predicted molar refractivity (Wildman–Crippen MR) is 123 cm³/mol. The zero-order valence-corrected chi connectivity index (χ0v) is 19.6. The van der Waals surface area contributed by atoms with Crippen molar-refractivity contribution in [2.24, 2.45) is 0 Å². The average molecular weight is 460 g/mol. The molecule has 2 aromatic rings.